The Balaban J connectivity index is 1.52. The zero-order valence-electron chi connectivity index (χ0n) is 22.7. The van der Waals surface area contributed by atoms with Crippen molar-refractivity contribution in [3.63, 3.8) is 0 Å². The van der Waals surface area contributed by atoms with Gasteiger partial charge in [-0.2, -0.15) is 0 Å². The Morgan fingerprint density at radius 1 is 1.03 bits per heavy atom. The van der Waals surface area contributed by atoms with Gasteiger partial charge in [-0.1, -0.05) is 38.1 Å². The zero-order chi connectivity index (χ0) is 26.0. The summed E-state index contributed by atoms with van der Waals surface area (Å²) < 4.78 is 12.1. The van der Waals surface area contributed by atoms with Gasteiger partial charge in [0, 0.05) is 44.8 Å². The summed E-state index contributed by atoms with van der Waals surface area (Å²) in [6.07, 6.45) is 4.64. The normalized spacial score (nSPS) is 18.2. The van der Waals surface area contributed by atoms with E-state index in [1.165, 1.54) is 17.5 Å². The number of ether oxygens (including phenoxy) is 2. The Hall–Kier alpha value is -2.41. The van der Waals surface area contributed by atoms with Crippen molar-refractivity contribution in [1.82, 2.24) is 9.80 Å². The highest BCUT2D eigenvalue weighted by Gasteiger charge is 2.24. The second-order valence-corrected chi connectivity index (χ2v) is 11.0. The van der Waals surface area contributed by atoms with Gasteiger partial charge in [-0.25, -0.2) is 0 Å². The Bertz CT molecular complexity index is 1000. The molecule has 2 aromatic carbocycles. The van der Waals surface area contributed by atoms with Crippen molar-refractivity contribution >= 4 is 5.91 Å². The lowest BCUT2D eigenvalue weighted by Crippen LogP contribution is -2.38. The molecule has 4 rings (SSSR count). The number of carbonyl (C=O) groups excluding carboxylic acids is 1. The number of benzene rings is 2. The average molecular weight is 509 g/mol. The number of rotatable bonds is 6. The molecule has 2 bridgehead atoms. The van der Waals surface area contributed by atoms with Crippen LogP contribution in [-0.2, 0) is 17.7 Å². The van der Waals surface area contributed by atoms with E-state index in [4.69, 9.17) is 9.47 Å². The molecule has 0 aliphatic carbocycles. The lowest BCUT2D eigenvalue weighted by molar-refractivity contribution is 0.0677. The summed E-state index contributed by atoms with van der Waals surface area (Å²) in [5, 5.41) is 9.23. The first-order valence-electron chi connectivity index (χ1n) is 14.1. The summed E-state index contributed by atoms with van der Waals surface area (Å²) in [7, 11) is 0. The van der Waals surface area contributed by atoms with Crippen LogP contribution in [0.15, 0.2) is 42.5 Å². The SMILES string of the molecule is CC(C)CCN1CCOCCOc2ccc(C(=O)N3CCC(CCO)CC3)cc2Cc2cccc(c2)C1. The van der Waals surface area contributed by atoms with Crippen molar-refractivity contribution in [2.75, 3.05) is 52.6 Å². The molecule has 0 saturated carbocycles. The standard InChI is InChI=1S/C31H44N2O4/c1-24(2)8-12-32-15-17-36-18-19-37-30-7-6-28(31(35)33-13-9-25(10-14-33)11-16-34)22-29(30)21-26-4-3-5-27(20-26)23-32/h3-7,20,22,24-25,34H,8-19,21,23H2,1-2H3. The van der Waals surface area contributed by atoms with E-state index in [0.717, 1.165) is 75.3 Å². The molecule has 202 valence electrons. The Morgan fingerprint density at radius 3 is 2.62 bits per heavy atom. The van der Waals surface area contributed by atoms with Gasteiger partial charge in [0.15, 0.2) is 0 Å². The number of aliphatic hydroxyl groups is 1. The molecule has 2 aromatic rings. The molecule has 0 radical (unpaired) electrons. The van der Waals surface area contributed by atoms with Gasteiger partial charge >= 0.3 is 0 Å². The molecule has 2 heterocycles. The number of fused-ring (bicyclic) bond motifs is 3. The summed E-state index contributed by atoms with van der Waals surface area (Å²) in [4.78, 5) is 17.8. The van der Waals surface area contributed by atoms with E-state index in [1.807, 2.05) is 23.1 Å². The number of nitrogens with zero attached hydrogens (tertiary/aromatic N) is 2. The monoisotopic (exact) mass is 508 g/mol. The van der Waals surface area contributed by atoms with Crippen LogP contribution in [0, 0.1) is 11.8 Å². The predicted molar refractivity (Wildman–Crippen MR) is 147 cm³/mol. The molecule has 6 nitrogen and oxygen atoms in total. The molecule has 6 heteroatoms. The van der Waals surface area contributed by atoms with Crippen molar-refractivity contribution in [2.45, 2.75) is 52.5 Å². The van der Waals surface area contributed by atoms with Gasteiger partial charge in [0.05, 0.1) is 13.2 Å². The highest BCUT2D eigenvalue weighted by Crippen LogP contribution is 2.27. The number of amides is 1. The van der Waals surface area contributed by atoms with Crippen molar-refractivity contribution in [3.05, 3.63) is 64.7 Å². The fourth-order valence-corrected chi connectivity index (χ4v) is 5.31. The fourth-order valence-electron chi connectivity index (χ4n) is 5.31. The van der Waals surface area contributed by atoms with Gasteiger partial charge < -0.3 is 19.5 Å². The van der Waals surface area contributed by atoms with E-state index in [-0.39, 0.29) is 12.5 Å². The van der Waals surface area contributed by atoms with E-state index >= 15 is 0 Å². The van der Waals surface area contributed by atoms with Crippen molar-refractivity contribution in [3.8, 4) is 5.75 Å². The third kappa shape index (κ3) is 8.29. The quantitative estimate of drug-likeness (QED) is 0.609. The third-order valence-electron chi connectivity index (χ3n) is 7.60. The molecule has 0 spiro atoms. The number of piperidine rings is 1. The van der Waals surface area contributed by atoms with Crippen molar-refractivity contribution < 1.29 is 19.4 Å². The third-order valence-corrected chi connectivity index (χ3v) is 7.60. The Morgan fingerprint density at radius 2 is 1.84 bits per heavy atom. The smallest absolute Gasteiger partial charge is 0.253 e. The minimum Gasteiger partial charge on any atom is -0.491 e. The van der Waals surface area contributed by atoms with E-state index in [2.05, 4.69) is 43.0 Å². The molecule has 2 aliphatic rings. The van der Waals surface area contributed by atoms with Crippen LogP contribution in [0.1, 0.15) is 66.6 Å². The van der Waals surface area contributed by atoms with Gasteiger partial charge in [-0.05, 0) is 79.0 Å². The molecule has 2 aliphatic heterocycles. The van der Waals surface area contributed by atoms with Gasteiger partial charge in [-0.3, -0.25) is 9.69 Å². The first-order chi connectivity index (χ1) is 18.0. The maximum atomic E-state index is 13.3. The van der Waals surface area contributed by atoms with Crippen LogP contribution >= 0.6 is 0 Å². The highest BCUT2D eigenvalue weighted by atomic mass is 16.5. The molecule has 1 N–H and O–H groups in total. The molecule has 37 heavy (non-hydrogen) atoms. The number of aliphatic hydroxyl groups excluding tert-OH is 1. The second-order valence-electron chi connectivity index (χ2n) is 11.0. The first kappa shape index (κ1) is 27.6. The molecule has 1 fully saturated rings. The van der Waals surface area contributed by atoms with Crippen LogP contribution in [-0.4, -0.2) is 73.4 Å². The van der Waals surface area contributed by atoms with E-state index < -0.39 is 0 Å². The molecule has 0 unspecified atom stereocenters. The average Bonchev–Trinajstić information content (AvgIpc) is 2.89. The largest absolute Gasteiger partial charge is 0.491 e. The minimum atomic E-state index is 0.0857. The van der Waals surface area contributed by atoms with E-state index in [9.17, 15) is 9.90 Å². The number of likely N-dealkylation sites (tertiary alicyclic amines) is 1. The van der Waals surface area contributed by atoms with Gasteiger partial charge in [0.2, 0.25) is 0 Å². The Kier molecular flexibility index (Phi) is 10.4. The zero-order valence-corrected chi connectivity index (χ0v) is 22.7. The van der Waals surface area contributed by atoms with Crippen LogP contribution in [0.3, 0.4) is 0 Å². The summed E-state index contributed by atoms with van der Waals surface area (Å²) in [6.45, 7) is 10.9. The topological polar surface area (TPSA) is 62.2 Å². The summed E-state index contributed by atoms with van der Waals surface area (Å²) in [5.41, 5.74) is 4.29. The molecular weight excluding hydrogens is 464 g/mol. The van der Waals surface area contributed by atoms with Crippen molar-refractivity contribution in [2.24, 2.45) is 11.8 Å². The van der Waals surface area contributed by atoms with E-state index in [0.29, 0.717) is 31.7 Å². The molecule has 1 saturated heterocycles. The van der Waals surface area contributed by atoms with Crippen LogP contribution < -0.4 is 4.74 Å². The molecular formula is C31H44N2O4. The summed E-state index contributed by atoms with van der Waals surface area (Å²) in [6, 6.07) is 14.7. The predicted octanol–water partition coefficient (Wildman–Crippen LogP) is 4.77. The first-order valence-corrected chi connectivity index (χ1v) is 14.1. The summed E-state index contributed by atoms with van der Waals surface area (Å²) in [5.74, 6) is 2.10. The van der Waals surface area contributed by atoms with Gasteiger partial charge in [0.1, 0.15) is 12.4 Å². The van der Waals surface area contributed by atoms with Crippen LogP contribution in [0.2, 0.25) is 0 Å². The van der Waals surface area contributed by atoms with Crippen LogP contribution in [0.5, 0.6) is 5.75 Å². The maximum absolute atomic E-state index is 13.3. The maximum Gasteiger partial charge on any atom is 0.253 e. The number of carbonyl (C=O) groups is 1. The summed E-state index contributed by atoms with van der Waals surface area (Å²) >= 11 is 0. The minimum absolute atomic E-state index is 0.0857. The second kappa shape index (κ2) is 13.9. The van der Waals surface area contributed by atoms with E-state index in [1.54, 1.807) is 0 Å². The fraction of sp³-hybridized carbons (Fsp3) is 0.581. The molecule has 0 aromatic heterocycles. The molecule has 1 amide bonds. The lowest BCUT2D eigenvalue weighted by atomic mass is 9.93. The van der Waals surface area contributed by atoms with Crippen molar-refractivity contribution in [1.29, 1.82) is 0 Å². The lowest BCUT2D eigenvalue weighted by Gasteiger charge is -2.32. The van der Waals surface area contributed by atoms with Crippen LogP contribution in [0.4, 0.5) is 0 Å². The number of hydrogen-bond acceptors (Lipinski definition) is 5. The van der Waals surface area contributed by atoms with Gasteiger partial charge in [-0.15, -0.1) is 0 Å². The number of hydrogen-bond donors (Lipinski definition) is 1. The molecule has 0 atom stereocenters. The van der Waals surface area contributed by atoms with Gasteiger partial charge in [0.25, 0.3) is 5.91 Å². The highest BCUT2D eigenvalue weighted by molar-refractivity contribution is 5.94. The van der Waals surface area contributed by atoms with Crippen LogP contribution in [0.25, 0.3) is 0 Å². The Labute approximate surface area is 222 Å².